The Kier molecular flexibility index (Phi) is 2.58. The molecule has 3 heterocycles. The summed E-state index contributed by atoms with van der Waals surface area (Å²) < 4.78 is 4.45. The summed E-state index contributed by atoms with van der Waals surface area (Å²) in [6.45, 7) is 2.18. The summed E-state index contributed by atoms with van der Waals surface area (Å²) in [5.74, 6) is 0. The topological polar surface area (TPSA) is 8.29 Å². The second-order valence-corrected chi connectivity index (χ2v) is 5.56. The first kappa shape index (κ1) is 12.2. The number of fused-ring (bicyclic) bond motifs is 3. The fraction of sp³-hybridized carbons (Fsp3) is 0.105. The number of pyridine rings is 2. The van der Waals surface area contributed by atoms with Crippen molar-refractivity contribution in [1.82, 2.24) is 4.40 Å². The maximum atomic E-state index is 2.28. The Morgan fingerprint density at radius 3 is 2.62 bits per heavy atom. The summed E-state index contributed by atoms with van der Waals surface area (Å²) in [4.78, 5) is 0. The zero-order valence-electron chi connectivity index (χ0n) is 12.2. The molecule has 2 heteroatoms. The van der Waals surface area contributed by atoms with Gasteiger partial charge in [-0.15, -0.1) is 0 Å². The minimum Gasteiger partial charge on any atom is -0.316 e. The lowest BCUT2D eigenvalue weighted by Gasteiger charge is -2.06. The first-order chi connectivity index (χ1) is 10.2. The van der Waals surface area contributed by atoms with Crippen LogP contribution in [0.15, 0.2) is 67.0 Å². The second kappa shape index (κ2) is 4.45. The third-order valence-corrected chi connectivity index (χ3v) is 4.16. The summed E-state index contributed by atoms with van der Waals surface area (Å²) >= 11 is 0. The van der Waals surface area contributed by atoms with Crippen molar-refractivity contribution < 1.29 is 4.57 Å². The van der Waals surface area contributed by atoms with Crippen LogP contribution in [0.2, 0.25) is 0 Å². The SMILES string of the molecule is Cc1cc2cc3ccccc3n2cc1-c1cccc[n+]1C. The lowest BCUT2D eigenvalue weighted by atomic mass is 10.1. The van der Waals surface area contributed by atoms with E-state index in [4.69, 9.17) is 0 Å². The summed E-state index contributed by atoms with van der Waals surface area (Å²) in [7, 11) is 2.09. The average Bonchev–Trinajstić information content (AvgIpc) is 2.84. The predicted octanol–water partition coefficient (Wildman–Crippen LogP) is 3.89. The summed E-state index contributed by atoms with van der Waals surface area (Å²) in [5, 5.41) is 1.28. The minimum absolute atomic E-state index is 1.23. The minimum atomic E-state index is 1.23. The number of aryl methyl sites for hydroxylation is 2. The van der Waals surface area contributed by atoms with E-state index in [1.54, 1.807) is 0 Å². The van der Waals surface area contributed by atoms with E-state index in [1.165, 1.54) is 33.2 Å². The highest BCUT2D eigenvalue weighted by Gasteiger charge is 2.13. The standard InChI is InChI=1S/C19H17N2/c1-14-11-16-12-15-7-3-4-8-18(15)21(16)13-17(14)19-9-5-6-10-20(19)2/h3-13H,1-2H3/q+1. The van der Waals surface area contributed by atoms with E-state index < -0.39 is 0 Å². The molecule has 0 amide bonds. The van der Waals surface area contributed by atoms with E-state index in [0.29, 0.717) is 0 Å². The smallest absolute Gasteiger partial charge is 0.214 e. The maximum Gasteiger partial charge on any atom is 0.214 e. The molecule has 0 aliphatic rings. The van der Waals surface area contributed by atoms with E-state index in [2.05, 4.69) is 89.9 Å². The first-order valence-corrected chi connectivity index (χ1v) is 7.19. The van der Waals surface area contributed by atoms with Crippen molar-refractivity contribution in [2.24, 2.45) is 7.05 Å². The number of nitrogens with zero attached hydrogens (tertiary/aromatic N) is 2. The van der Waals surface area contributed by atoms with Gasteiger partial charge >= 0.3 is 0 Å². The molecular formula is C19H17N2+. The third-order valence-electron chi connectivity index (χ3n) is 4.16. The Morgan fingerprint density at radius 1 is 0.952 bits per heavy atom. The van der Waals surface area contributed by atoms with E-state index in [1.807, 2.05) is 0 Å². The van der Waals surface area contributed by atoms with Gasteiger partial charge in [-0.05, 0) is 36.8 Å². The molecule has 0 atom stereocenters. The summed E-state index contributed by atoms with van der Waals surface area (Å²) in [5.41, 5.74) is 6.30. The molecule has 0 bridgehead atoms. The Morgan fingerprint density at radius 2 is 1.76 bits per heavy atom. The van der Waals surface area contributed by atoms with E-state index in [-0.39, 0.29) is 0 Å². The number of hydrogen-bond acceptors (Lipinski definition) is 0. The van der Waals surface area contributed by atoms with Gasteiger partial charge in [0.15, 0.2) is 6.20 Å². The zero-order chi connectivity index (χ0) is 14.4. The molecule has 1 aromatic carbocycles. The quantitative estimate of drug-likeness (QED) is 0.465. The van der Waals surface area contributed by atoms with Crippen LogP contribution in [0, 0.1) is 6.92 Å². The van der Waals surface area contributed by atoms with Crippen LogP contribution in [0.5, 0.6) is 0 Å². The first-order valence-electron chi connectivity index (χ1n) is 7.19. The maximum absolute atomic E-state index is 2.28. The van der Waals surface area contributed by atoms with Crippen molar-refractivity contribution in [3.63, 3.8) is 0 Å². The van der Waals surface area contributed by atoms with E-state index in [0.717, 1.165) is 0 Å². The van der Waals surface area contributed by atoms with Crippen molar-refractivity contribution in [1.29, 1.82) is 0 Å². The van der Waals surface area contributed by atoms with Crippen LogP contribution in [0.4, 0.5) is 0 Å². The molecule has 0 saturated carbocycles. The molecule has 0 N–H and O–H groups in total. The largest absolute Gasteiger partial charge is 0.316 e. The Balaban J connectivity index is 2.08. The van der Waals surface area contributed by atoms with Crippen LogP contribution < -0.4 is 4.57 Å². The third kappa shape index (κ3) is 1.83. The molecule has 0 saturated heterocycles. The number of hydrogen-bond donors (Lipinski definition) is 0. The van der Waals surface area contributed by atoms with Crippen molar-refractivity contribution in [2.45, 2.75) is 6.92 Å². The monoisotopic (exact) mass is 273 g/mol. The lowest BCUT2D eigenvalue weighted by Crippen LogP contribution is -2.30. The summed E-state index contributed by atoms with van der Waals surface area (Å²) in [6, 6.07) is 19.4. The van der Waals surface area contributed by atoms with Gasteiger partial charge in [0.2, 0.25) is 5.69 Å². The molecule has 21 heavy (non-hydrogen) atoms. The van der Waals surface area contributed by atoms with E-state index >= 15 is 0 Å². The number of para-hydroxylation sites is 1. The number of rotatable bonds is 1. The molecule has 0 aliphatic carbocycles. The van der Waals surface area contributed by atoms with Crippen LogP contribution in [-0.2, 0) is 7.05 Å². The van der Waals surface area contributed by atoms with Crippen molar-refractivity contribution >= 4 is 16.4 Å². The van der Waals surface area contributed by atoms with Gasteiger partial charge in [0.1, 0.15) is 7.05 Å². The van der Waals surface area contributed by atoms with Crippen LogP contribution >= 0.6 is 0 Å². The normalized spacial score (nSPS) is 11.3. The van der Waals surface area contributed by atoms with E-state index in [9.17, 15) is 0 Å². The highest BCUT2D eigenvalue weighted by Crippen LogP contribution is 2.26. The highest BCUT2D eigenvalue weighted by atomic mass is 14.9. The van der Waals surface area contributed by atoms with Crippen LogP contribution in [0.3, 0.4) is 0 Å². The highest BCUT2D eigenvalue weighted by molar-refractivity contribution is 5.88. The lowest BCUT2D eigenvalue weighted by molar-refractivity contribution is -0.660. The summed E-state index contributed by atoms with van der Waals surface area (Å²) in [6.07, 6.45) is 4.34. The van der Waals surface area contributed by atoms with Gasteiger partial charge < -0.3 is 4.40 Å². The molecule has 4 aromatic rings. The van der Waals surface area contributed by atoms with Gasteiger partial charge in [-0.3, -0.25) is 0 Å². The zero-order valence-corrected chi connectivity index (χ0v) is 12.2. The molecular weight excluding hydrogens is 256 g/mol. The van der Waals surface area contributed by atoms with Crippen LogP contribution in [0.25, 0.3) is 27.7 Å². The molecule has 2 nitrogen and oxygen atoms in total. The Bertz CT molecular complexity index is 964. The molecule has 0 fully saturated rings. The van der Waals surface area contributed by atoms with Crippen molar-refractivity contribution in [3.8, 4) is 11.3 Å². The fourth-order valence-corrected chi connectivity index (χ4v) is 3.05. The molecule has 102 valence electrons. The molecule has 0 radical (unpaired) electrons. The second-order valence-electron chi connectivity index (χ2n) is 5.56. The van der Waals surface area contributed by atoms with Gasteiger partial charge in [-0.25, -0.2) is 4.57 Å². The van der Waals surface area contributed by atoms with Crippen LogP contribution in [0.1, 0.15) is 5.56 Å². The molecule has 0 unspecified atom stereocenters. The molecule has 0 aliphatic heterocycles. The molecule has 3 aromatic heterocycles. The average molecular weight is 273 g/mol. The predicted molar refractivity (Wildman–Crippen MR) is 86.3 cm³/mol. The Hall–Kier alpha value is -2.61. The van der Waals surface area contributed by atoms with Gasteiger partial charge in [-0.1, -0.05) is 18.2 Å². The van der Waals surface area contributed by atoms with Crippen molar-refractivity contribution in [2.75, 3.05) is 0 Å². The Labute approximate surface area is 123 Å². The van der Waals surface area contributed by atoms with Gasteiger partial charge in [0, 0.05) is 29.2 Å². The van der Waals surface area contributed by atoms with Gasteiger partial charge in [-0.2, -0.15) is 0 Å². The van der Waals surface area contributed by atoms with Crippen molar-refractivity contribution in [3.05, 3.63) is 72.6 Å². The molecule has 4 rings (SSSR count). The van der Waals surface area contributed by atoms with Crippen LogP contribution in [-0.4, -0.2) is 4.40 Å². The fourth-order valence-electron chi connectivity index (χ4n) is 3.05. The van der Waals surface area contributed by atoms with Gasteiger partial charge in [0.05, 0.1) is 11.1 Å². The number of aromatic nitrogens is 2. The van der Waals surface area contributed by atoms with Gasteiger partial charge in [0.25, 0.3) is 0 Å². The number of benzene rings is 1. The molecule has 0 spiro atoms.